The number of benzene rings is 1. The van der Waals surface area contributed by atoms with Gasteiger partial charge in [-0.05, 0) is 29.5 Å². The minimum absolute atomic E-state index is 0.124. The highest BCUT2D eigenvalue weighted by atomic mass is 35.5. The lowest BCUT2D eigenvalue weighted by atomic mass is 10.1. The predicted octanol–water partition coefficient (Wildman–Crippen LogP) is 4.32. The summed E-state index contributed by atoms with van der Waals surface area (Å²) in [5.74, 6) is 0.216. The molecule has 0 aliphatic rings. The summed E-state index contributed by atoms with van der Waals surface area (Å²) in [5, 5.41) is 6.49. The molecule has 1 rings (SSSR count). The van der Waals surface area contributed by atoms with E-state index in [-0.39, 0.29) is 23.7 Å². The summed E-state index contributed by atoms with van der Waals surface area (Å²) in [6.45, 7) is 7.85. The van der Waals surface area contributed by atoms with E-state index in [2.05, 4.69) is 10.6 Å². The number of hydrogen-bond donors (Lipinski definition) is 2. The maximum absolute atomic E-state index is 12.1. The first kappa shape index (κ1) is 19.8. The highest BCUT2D eigenvalue weighted by molar-refractivity contribution is 6.42. The summed E-state index contributed by atoms with van der Waals surface area (Å²) in [6.07, 6.45) is 0.151. The van der Waals surface area contributed by atoms with Gasteiger partial charge in [0.2, 0.25) is 11.8 Å². The number of carbonyl (C=O) groups excluding carboxylic acids is 2. The molecule has 0 radical (unpaired) electrons. The van der Waals surface area contributed by atoms with Gasteiger partial charge in [0.15, 0.2) is 0 Å². The summed E-state index contributed by atoms with van der Waals surface area (Å²) in [6, 6.07) is 5.04. The molecule has 0 aromatic heterocycles. The van der Waals surface area contributed by atoms with Crippen LogP contribution < -0.4 is 10.6 Å². The third-order valence-corrected chi connectivity index (χ3v) is 3.81. The van der Waals surface area contributed by atoms with Crippen LogP contribution in [0.25, 0.3) is 0 Å². The first-order valence-corrected chi connectivity index (χ1v) is 8.48. The normalized spacial score (nSPS) is 11.2. The molecule has 0 atom stereocenters. The van der Waals surface area contributed by atoms with Crippen LogP contribution in [0.1, 0.15) is 52.3 Å². The Morgan fingerprint density at radius 1 is 0.913 bits per heavy atom. The Morgan fingerprint density at radius 2 is 1.39 bits per heavy atom. The van der Waals surface area contributed by atoms with Gasteiger partial charge in [-0.3, -0.25) is 9.59 Å². The Hall–Kier alpha value is -1.26. The van der Waals surface area contributed by atoms with Crippen LogP contribution in [0.4, 0.5) is 0 Å². The van der Waals surface area contributed by atoms with Gasteiger partial charge in [0.1, 0.15) is 6.17 Å². The van der Waals surface area contributed by atoms with E-state index in [4.69, 9.17) is 23.2 Å². The lowest BCUT2D eigenvalue weighted by molar-refractivity contribution is -0.125. The smallest absolute Gasteiger partial charge is 0.222 e. The summed E-state index contributed by atoms with van der Waals surface area (Å²) in [4.78, 5) is 24.1. The number of rotatable bonds is 7. The van der Waals surface area contributed by atoms with Crippen molar-refractivity contribution in [2.45, 2.75) is 46.7 Å². The lowest BCUT2D eigenvalue weighted by Gasteiger charge is -2.22. The fourth-order valence-electron chi connectivity index (χ4n) is 2.08. The number of amides is 2. The fraction of sp³-hybridized carbons (Fsp3) is 0.529. The maximum atomic E-state index is 12.1. The van der Waals surface area contributed by atoms with E-state index in [9.17, 15) is 9.59 Å². The molecule has 128 valence electrons. The topological polar surface area (TPSA) is 58.2 Å². The molecule has 0 spiro atoms. The Balaban J connectivity index is 2.93. The molecular weight excluding hydrogens is 335 g/mol. The standard InChI is InChI=1S/C17H24Cl2N2O2/c1-10(2)7-15(22)20-17(21-16(23)8-11(3)4)12-5-6-13(18)14(19)9-12/h5-6,9-11,17H,7-8H2,1-4H3,(H,20,22)(H,21,23). The molecule has 0 saturated heterocycles. The molecule has 0 aliphatic heterocycles. The number of carbonyl (C=O) groups is 2. The second-order valence-electron chi connectivity index (χ2n) is 6.44. The van der Waals surface area contributed by atoms with Crippen LogP contribution >= 0.6 is 23.2 Å². The van der Waals surface area contributed by atoms with Crippen LogP contribution in [0, 0.1) is 11.8 Å². The van der Waals surface area contributed by atoms with Crippen LogP contribution in [0.3, 0.4) is 0 Å². The molecule has 0 unspecified atom stereocenters. The lowest BCUT2D eigenvalue weighted by Crippen LogP contribution is -2.41. The van der Waals surface area contributed by atoms with Gasteiger partial charge in [0.05, 0.1) is 10.0 Å². The van der Waals surface area contributed by atoms with Crippen molar-refractivity contribution in [1.29, 1.82) is 0 Å². The molecule has 2 amide bonds. The van der Waals surface area contributed by atoms with Crippen molar-refractivity contribution in [3.63, 3.8) is 0 Å². The van der Waals surface area contributed by atoms with Gasteiger partial charge in [-0.15, -0.1) is 0 Å². The monoisotopic (exact) mass is 358 g/mol. The minimum atomic E-state index is -0.623. The summed E-state index contributed by atoms with van der Waals surface area (Å²) in [5.41, 5.74) is 0.689. The maximum Gasteiger partial charge on any atom is 0.222 e. The van der Waals surface area contributed by atoms with Gasteiger partial charge < -0.3 is 10.6 Å². The van der Waals surface area contributed by atoms with E-state index in [1.807, 2.05) is 27.7 Å². The van der Waals surface area contributed by atoms with Gasteiger partial charge >= 0.3 is 0 Å². The third kappa shape index (κ3) is 7.23. The highest BCUT2D eigenvalue weighted by Gasteiger charge is 2.19. The molecule has 0 aliphatic carbocycles. The van der Waals surface area contributed by atoms with E-state index in [1.54, 1.807) is 18.2 Å². The first-order chi connectivity index (χ1) is 10.7. The van der Waals surface area contributed by atoms with Gasteiger partial charge in [0, 0.05) is 12.8 Å². The molecule has 6 heteroatoms. The molecule has 0 heterocycles. The summed E-state index contributed by atoms with van der Waals surface area (Å²) in [7, 11) is 0. The van der Waals surface area contributed by atoms with Gasteiger partial charge in [-0.25, -0.2) is 0 Å². The largest absolute Gasteiger partial charge is 0.332 e. The second kappa shape index (κ2) is 9.14. The van der Waals surface area contributed by atoms with E-state index < -0.39 is 6.17 Å². The molecule has 0 fully saturated rings. The SMILES string of the molecule is CC(C)CC(=O)NC(NC(=O)CC(C)C)c1ccc(Cl)c(Cl)c1. The van der Waals surface area contributed by atoms with Crippen molar-refractivity contribution in [2.24, 2.45) is 11.8 Å². The predicted molar refractivity (Wildman–Crippen MR) is 94.4 cm³/mol. The zero-order valence-corrected chi connectivity index (χ0v) is 15.5. The number of nitrogens with one attached hydrogen (secondary N) is 2. The van der Waals surface area contributed by atoms with E-state index in [1.165, 1.54) is 0 Å². The molecule has 0 saturated carbocycles. The van der Waals surface area contributed by atoms with Crippen molar-refractivity contribution in [2.75, 3.05) is 0 Å². The quantitative estimate of drug-likeness (QED) is 0.713. The molecule has 0 bridgehead atoms. The summed E-state index contributed by atoms with van der Waals surface area (Å²) >= 11 is 12.0. The minimum Gasteiger partial charge on any atom is -0.332 e. The van der Waals surface area contributed by atoms with Gasteiger partial charge in [-0.2, -0.15) is 0 Å². The third-order valence-electron chi connectivity index (χ3n) is 3.07. The Bertz CT molecular complexity index is 536. The second-order valence-corrected chi connectivity index (χ2v) is 7.25. The van der Waals surface area contributed by atoms with Crippen LogP contribution in [0.5, 0.6) is 0 Å². The van der Waals surface area contributed by atoms with Crippen molar-refractivity contribution in [3.05, 3.63) is 33.8 Å². The van der Waals surface area contributed by atoms with Crippen molar-refractivity contribution in [1.82, 2.24) is 10.6 Å². The van der Waals surface area contributed by atoms with E-state index in [0.29, 0.717) is 28.5 Å². The van der Waals surface area contributed by atoms with Crippen LogP contribution in [-0.4, -0.2) is 11.8 Å². The fourth-order valence-corrected chi connectivity index (χ4v) is 2.38. The Kier molecular flexibility index (Phi) is 7.86. The van der Waals surface area contributed by atoms with E-state index >= 15 is 0 Å². The Labute approximate surface area is 147 Å². The Morgan fingerprint density at radius 3 is 1.78 bits per heavy atom. The molecule has 23 heavy (non-hydrogen) atoms. The number of hydrogen-bond acceptors (Lipinski definition) is 2. The molecule has 1 aromatic rings. The zero-order valence-electron chi connectivity index (χ0n) is 14.0. The molecule has 4 nitrogen and oxygen atoms in total. The first-order valence-electron chi connectivity index (χ1n) is 7.72. The highest BCUT2D eigenvalue weighted by Crippen LogP contribution is 2.25. The molecular formula is C17H24Cl2N2O2. The van der Waals surface area contributed by atoms with E-state index in [0.717, 1.165) is 0 Å². The van der Waals surface area contributed by atoms with Crippen LogP contribution in [0.2, 0.25) is 10.0 Å². The average molecular weight is 359 g/mol. The van der Waals surface area contributed by atoms with Crippen LogP contribution in [0.15, 0.2) is 18.2 Å². The van der Waals surface area contributed by atoms with Crippen molar-refractivity contribution in [3.8, 4) is 0 Å². The van der Waals surface area contributed by atoms with Gasteiger partial charge in [-0.1, -0.05) is 57.0 Å². The average Bonchev–Trinajstić information content (AvgIpc) is 2.39. The van der Waals surface area contributed by atoms with Crippen molar-refractivity contribution >= 4 is 35.0 Å². The van der Waals surface area contributed by atoms with Crippen LogP contribution in [-0.2, 0) is 9.59 Å². The number of halogens is 2. The molecule has 1 aromatic carbocycles. The van der Waals surface area contributed by atoms with Crippen molar-refractivity contribution < 1.29 is 9.59 Å². The molecule has 2 N–H and O–H groups in total. The van der Waals surface area contributed by atoms with Gasteiger partial charge in [0.25, 0.3) is 0 Å². The zero-order chi connectivity index (χ0) is 17.6. The summed E-state index contributed by atoms with van der Waals surface area (Å²) < 4.78 is 0.